The van der Waals surface area contributed by atoms with Gasteiger partial charge in [0, 0.05) is 11.0 Å². The first-order chi connectivity index (χ1) is 9.94. The minimum Gasteiger partial charge on any atom is -0.284 e. The van der Waals surface area contributed by atoms with E-state index in [2.05, 4.69) is 0 Å². The van der Waals surface area contributed by atoms with E-state index in [1.54, 1.807) is 24.3 Å². The van der Waals surface area contributed by atoms with Gasteiger partial charge in [0.25, 0.3) is 5.78 Å². The normalized spacial score (nSPS) is 21.3. The number of alkyl halides is 3. The van der Waals surface area contributed by atoms with Gasteiger partial charge in [0.2, 0.25) is 0 Å². The van der Waals surface area contributed by atoms with Gasteiger partial charge >= 0.3 is 6.18 Å². The van der Waals surface area contributed by atoms with E-state index < -0.39 is 17.4 Å². The summed E-state index contributed by atoms with van der Waals surface area (Å²) in [5, 5.41) is 0. The number of benzene rings is 1. The van der Waals surface area contributed by atoms with Crippen LogP contribution in [0.3, 0.4) is 0 Å². The van der Waals surface area contributed by atoms with Crippen LogP contribution in [0.15, 0.2) is 35.9 Å². The van der Waals surface area contributed by atoms with E-state index in [1.807, 2.05) is 6.07 Å². The van der Waals surface area contributed by atoms with Crippen molar-refractivity contribution >= 4 is 11.4 Å². The number of hydrogen-bond acceptors (Lipinski definition) is 1. The molecule has 1 aromatic rings. The van der Waals surface area contributed by atoms with Gasteiger partial charge in [0.1, 0.15) is 0 Å². The van der Waals surface area contributed by atoms with Crippen molar-refractivity contribution in [1.29, 1.82) is 0 Å². The lowest BCUT2D eigenvalue weighted by Gasteiger charge is -2.48. The molecule has 0 radical (unpaired) electrons. The van der Waals surface area contributed by atoms with Gasteiger partial charge in [-0.05, 0) is 30.4 Å². The Hall–Kier alpha value is -1.58. The predicted octanol–water partition coefficient (Wildman–Crippen LogP) is 4.93. The maximum absolute atomic E-state index is 13.0. The van der Waals surface area contributed by atoms with Gasteiger partial charge < -0.3 is 0 Å². The third-order valence-electron chi connectivity index (χ3n) is 4.76. The van der Waals surface area contributed by atoms with Crippen LogP contribution in [0.5, 0.6) is 0 Å². The van der Waals surface area contributed by atoms with Crippen LogP contribution >= 0.6 is 0 Å². The molecule has 2 aliphatic rings. The molecule has 1 aromatic carbocycles. The lowest BCUT2D eigenvalue weighted by Crippen LogP contribution is -2.43. The van der Waals surface area contributed by atoms with Gasteiger partial charge in [0.05, 0.1) is 0 Å². The molecule has 0 bridgehead atoms. The zero-order chi connectivity index (χ0) is 15.1. The predicted molar refractivity (Wildman–Crippen MR) is 74.6 cm³/mol. The summed E-state index contributed by atoms with van der Waals surface area (Å²) >= 11 is 0. The van der Waals surface area contributed by atoms with Crippen molar-refractivity contribution in [1.82, 2.24) is 0 Å². The van der Waals surface area contributed by atoms with Crippen LogP contribution in [-0.2, 0) is 4.79 Å². The highest BCUT2D eigenvalue weighted by Crippen LogP contribution is 2.59. The number of carbonyl (C=O) groups is 1. The lowest BCUT2D eigenvalue weighted by atomic mass is 9.55. The number of hydrogen-bond donors (Lipinski definition) is 0. The molecule has 1 fully saturated rings. The fraction of sp³-hybridized carbons (Fsp3) is 0.471. The quantitative estimate of drug-likeness (QED) is 0.756. The average Bonchev–Trinajstić information content (AvgIpc) is 2.46. The highest BCUT2D eigenvalue weighted by Gasteiger charge is 2.55. The zero-order valence-corrected chi connectivity index (χ0v) is 11.7. The van der Waals surface area contributed by atoms with E-state index in [0.717, 1.165) is 24.8 Å². The van der Waals surface area contributed by atoms with Crippen LogP contribution in [0.2, 0.25) is 0 Å². The maximum atomic E-state index is 13.0. The molecule has 0 aliphatic heterocycles. The summed E-state index contributed by atoms with van der Waals surface area (Å²) in [7, 11) is 0. The van der Waals surface area contributed by atoms with Gasteiger partial charge in [-0.3, -0.25) is 4.79 Å². The molecular weight excluding hydrogens is 277 g/mol. The summed E-state index contributed by atoms with van der Waals surface area (Å²) in [6.45, 7) is 0. The number of rotatable bonds is 2. The van der Waals surface area contributed by atoms with E-state index in [-0.39, 0.29) is 5.57 Å². The zero-order valence-electron chi connectivity index (χ0n) is 11.7. The van der Waals surface area contributed by atoms with Crippen LogP contribution in [0.4, 0.5) is 13.2 Å². The molecule has 0 amide bonds. The van der Waals surface area contributed by atoms with Crippen molar-refractivity contribution in [2.45, 2.75) is 44.7 Å². The molecule has 21 heavy (non-hydrogen) atoms. The third kappa shape index (κ3) is 2.41. The molecule has 1 spiro atoms. The maximum Gasteiger partial charge on any atom is 0.454 e. The second-order valence-corrected chi connectivity index (χ2v) is 6.06. The average molecular weight is 294 g/mol. The Morgan fingerprint density at radius 3 is 2.19 bits per heavy atom. The summed E-state index contributed by atoms with van der Waals surface area (Å²) in [5.74, 6) is -1.63. The number of Topliss-reactive ketones (excluding diaryl/α,β-unsaturated/α-hetero) is 1. The molecule has 0 aromatic heterocycles. The Kier molecular flexibility index (Phi) is 3.42. The number of carbonyl (C=O) groups excluding carboxylic acids is 1. The van der Waals surface area contributed by atoms with Gasteiger partial charge in [-0.15, -0.1) is 0 Å². The molecule has 4 heteroatoms. The van der Waals surface area contributed by atoms with Gasteiger partial charge in [-0.25, -0.2) is 0 Å². The van der Waals surface area contributed by atoms with E-state index in [1.165, 1.54) is 0 Å². The summed E-state index contributed by atoms with van der Waals surface area (Å²) in [5.41, 5.74) is 0.873. The fourth-order valence-corrected chi connectivity index (χ4v) is 3.79. The Labute approximate surface area is 121 Å². The van der Waals surface area contributed by atoms with Crippen molar-refractivity contribution in [3.8, 4) is 0 Å². The van der Waals surface area contributed by atoms with Crippen LogP contribution < -0.4 is 0 Å². The molecule has 1 nitrogen and oxygen atoms in total. The Balaban J connectivity index is 2.05. The minimum atomic E-state index is -4.78. The van der Waals surface area contributed by atoms with E-state index >= 15 is 0 Å². The monoisotopic (exact) mass is 294 g/mol. The van der Waals surface area contributed by atoms with Crippen molar-refractivity contribution < 1.29 is 18.0 Å². The third-order valence-corrected chi connectivity index (χ3v) is 4.76. The number of allylic oxidation sites excluding steroid dienone is 2. The van der Waals surface area contributed by atoms with Crippen LogP contribution in [0.1, 0.15) is 44.1 Å². The molecule has 0 heterocycles. The second kappa shape index (κ2) is 5.00. The minimum absolute atomic E-state index is 0.0425. The van der Waals surface area contributed by atoms with Crippen LogP contribution in [-0.4, -0.2) is 12.0 Å². The van der Waals surface area contributed by atoms with Crippen molar-refractivity contribution in [2.24, 2.45) is 5.41 Å². The SMILES string of the molecule is O=C(C1=C(c2ccccc2)CC12CCCCC2)C(F)(F)F. The van der Waals surface area contributed by atoms with Gasteiger partial charge in [0.15, 0.2) is 0 Å². The molecule has 0 saturated heterocycles. The van der Waals surface area contributed by atoms with Crippen molar-refractivity contribution in [3.05, 3.63) is 41.5 Å². The second-order valence-electron chi connectivity index (χ2n) is 6.06. The highest BCUT2D eigenvalue weighted by atomic mass is 19.4. The smallest absolute Gasteiger partial charge is 0.284 e. The fourth-order valence-electron chi connectivity index (χ4n) is 3.79. The first-order valence-corrected chi connectivity index (χ1v) is 7.35. The van der Waals surface area contributed by atoms with Crippen molar-refractivity contribution in [2.75, 3.05) is 0 Å². The topological polar surface area (TPSA) is 17.1 Å². The summed E-state index contributed by atoms with van der Waals surface area (Å²) in [4.78, 5) is 11.9. The molecule has 1 saturated carbocycles. The summed E-state index contributed by atoms with van der Waals surface area (Å²) in [6.07, 6.45) is 0.124. The van der Waals surface area contributed by atoms with Crippen LogP contribution in [0, 0.1) is 5.41 Å². The summed E-state index contributed by atoms with van der Waals surface area (Å²) < 4.78 is 38.9. The van der Waals surface area contributed by atoms with Gasteiger partial charge in [-0.2, -0.15) is 13.2 Å². The Morgan fingerprint density at radius 2 is 1.62 bits per heavy atom. The Bertz CT molecular complexity index is 578. The first kappa shape index (κ1) is 14.4. The van der Waals surface area contributed by atoms with E-state index in [0.29, 0.717) is 24.8 Å². The molecule has 0 unspecified atom stereocenters. The van der Waals surface area contributed by atoms with Crippen LogP contribution in [0.25, 0.3) is 5.57 Å². The highest BCUT2D eigenvalue weighted by molar-refractivity contribution is 6.10. The first-order valence-electron chi connectivity index (χ1n) is 7.35. The number of halogens is 3. The molecule has 0 N–H and O–H groups in total. The van der Waals surface area contributed by atoms with Crippen molar-refractivity contribution in [3.63, 3.8) is 0 Å². The molecule has 2 aliphatic carbocycles. The van der Waals surface area contributed by atoms with Gasteiger partial charge in [-0.1, -0.05) is 49.6 Å². The Morgan fingerprint density at radius 1 is 1.00 bits per heavy atom. The van der Waals surface area contributed by atoms with E-state index in [4.69, 9.17) is 0 Å². The molecular formula is C17H17F3O. The summed E-state index contributed by atoms with van der Waals surface area (Å²) in [6, 6.07) is 8.99. The molecule has 112 valence electrons. The molecule has 3 rings (SSSR count). The largest absolute Gasteiger partial charge is 0.454 e. The van der Waals surface area contributed by atoms with E-state index in [9.17, 15) is 18.0 Å². The lowest BCUT2D eigenvalue weighted by molar-refractivity contribution is -0.168. The number of ketones is 1. The molecule has 0 atom stereocenters. The standard InChI is InChI=1S/C17H17F3O/c18-17(19,20)15(21)14-13(12-7-3-1-4-8-12)11-16(14)9-5-2-6-10-16/h1,3-4,7-8H,2,5-6,9-11H2.